The van der Waals surface area contributed by atoms with Crippen LogP contribution in [0.5, 0.6) is 5.75 Å². The van der Waals surface area contributed by atoms with Crippen molar-refractivity contribution < 1.29 is 4.74 Å². The van der Waals surface area contributed by atoms with Crippen molar-refractivity contribution in [1.82, 2.24) is 0 Å². The maximum absolute atomic E-state index is 6.69. The predicted molar refractivity (Wildman–Crippen MR) is 75.3 cm³/mol. The lowest BCUT2D eigenvalue weighted by Gasteiger charge is -2.26. The molecule has 0 radical (unpaired) electrons. The van der Waals surface area contributed by atoms with Crippen molar-refractivity contribution in [3.63, 3.8) is 0 Å². The first-order chi connectivity index (χ1) is 8.78. The number of ether oxygens (including phenoxy) is 1. The van der Waals surface area contributed by atoms with Crippen molar-refractivity contribution in [1.29, 1.82) is 0 Å². The van der Waals surface area contributed by atoms with Crippen molar-refractivity contribution in [3.05, 3.63) is 29.8 Å². The summed E-state index contributed by atoms with van der Waals surface area (Å²) in [6.07, 6.45) is 6.58. The van der Waals surface area contributed by atoms with Crippen LogP contribution in [0.15, 0.2) is 24.3 Å². The fraction of sp³-hybridized carbons (Fsp3) is 0.625. The Kier molecular flexibility index (Phi) is 3.52. The van der Waals surface area contributed by atoms with E-state index in [4.69, 9.17) is 16.3 Å². The fourth-order valence-electron chi connectivity index (χ4n) is 3.97. The van der Waals surface area contributed by atoms with Crippen LogP contribution in [-0.2, 0) is 6.42 Å². The Morgan fingerprint density at radius 1 is 1.28 bits per heavy atom. The minimum atomic E-state index is 0.275. The van der Waals surface area contributed by atoms with Gasteiger partial charge in [0.05, 0.1) is 7.11 Å². The van der Waals surface area contributed by atoms with Gasteiger partial charge in [0.15, 0.2) is 0 Å². The third-order valence-electron chi connectivity index (χ3n) is 4.86. The van der Waals surface area contributed by atoms with E-state index < -0.39 is 0 Å². The van der Waals surface area contributed by atoms with Gasteiger partial charge in [-0.25, -0.2) is 0 Å². The van der Waals surface area contributed by atoms with Crippen molar-refractivity contribution in [2.75, 3.05) is 7.11 Å². The molecule has 4 atom stereocenters. The van der Waals surface area contributed by atoms with E-state index in [1.165, 1.54) is 31.2 Å². The molecular weight excluding hydrogens is 244 g/mol. The van der Waals surface area contributed by atoms with Gasteiger partial charge in [0.2, 0.25) is 0 Å². The van der Waals surface area contributed by atoms with Gasteiger partial charge in [-0.15, -0.1) is 11.6 Å². The van der Waals surface area contributed by atoms with Crippen LogP contribution in [-0.4, -0.2) is 12.5 Å². The molecule has 2 heteroatoms. The Morgan fingerprint density at radius 3 is 2.78 bits per heavy atom. The number of hydrogen-bond donors (Lipinski definition) is 0. The summed E-state index contributed by atoms with van der Waals surface area (Å²) in [7, 11) is 1.74. The third-order valence-corrected chi connectivity index (χ3v) is 5.34. The predicted octanol–water partition coefficient (Wildman–Crippen LogP) is 4.28. The third kappa shape index (κ3) is 2.25. The monoisotopic (exact) mass is 264 g/mol. The van der Waals surface area contributed by atoms with Crippen LogP contribution in [0.2, 0.25) is 0 Å². The molecule has 0 N–H and O–H groups in total. The SMILES string of the molecule is COc1ccccc1CC(Cl)C1CC2CCC1C2. The van der Waals surface area contributed by atoms with Gasteiger partial charge in [-0.05, 0) is 55.1 Å². The highest BCUT2D eigenvalue weighted by Gasteiger charge is 2.42. The van der Waals surface area contributed by atoms with Crippen LogP contribution < -0.4 is 4.74 Å². The summed E-state index contributed by atoms with van der Waals surface area (Å²) >= 11 is 6.69. The molecule has 1 aromatic rings. The lowest BCUT2D eigenvalue weighted by atomic mass is 9.84. The second-order valence-corrected chi connectivity index (χ2v) is 6.43. The summed E-state index contributed by atoms with van der Waals surface area (Å²) in [5.74, 6) is 3.58. The highest BCUT2D eigenvalue weighted by Crippen LogP contribution is 2.51. The van der Waals surface area contributed by atoms with Gasteiger partial charge in [-0.1, -0.05) is 24.6 Å². The standard InChI is InChI=1S/C16H21ClO/c1-18-16-5-3-2-4-13(16)10-15(17)14-9-11-6-7-12(14)8-11/h2-5,11-12,14-15H,6-10H2,1H3. The van der Waals surface area contributed by atoms with Crippen LogP contribution in [0.4, 0.5) is 0 Å². The summed E-state index contributed by atoms with van der Waals surface area (Å²) in [6, 6.07) is 8.26. The Labute approximate surface area is 114 Å². The lowest BCUT2D eigenvalue weighted by molar-refractivity contribution is 0.318. The minimum Gasteiger partial charge on any atom is -0.496 e. The van der Waals surface area contributed by atoms with Gasteiger partial charge in [0.25, 0.3) is 0 Å². The maximum atomic E-state index is 6.69. The summed E-state index contributed by atoms with van der Waals surface area (Å²) in [4.78, 5) is 0. The largest absolute Gasteiger partial charge is 0.496 e. The summed E-state index contributed by atoms with van der Waals surface area (Å²) in [5, 5.41) is 0.275. The van der Waals surface area contributed by atoms with Gasteiger partial charge in [-0.3, -0.25) is 0 Å². The molecule has 2 aliphatic rings. The average molecular weight is 265 g/mol. The van der Waals surface area contributed by atoms with Gasteiger partial charge < -0.3 is 4.74 Å². The van der Waals surface area contributed by atoms with E-state index >= 15 is 0 Å². The zero-order valence-corrected chi connectivity index (χ0v) is 11.7. The molecule has 0 amide bonds. The fourth-order valence-corrected chi connectivity index (χ4v) is 4.44. The quantitative estimate of drug-likeness (QED) is 0.738. The number of methoxy groups -OCH3 is 1. The average Bonchev–Trinajstić information content (AvgIpc) is 3.01. The van der Waals surface area contributed by atoms with E-state index in [0.29, 0.717) is 0 Å². The first-order valence-corrected chi connectivity index (χ1v) is 7.47. The smallest absolute Gasteiger partial charge is 0.122 e. The second-order valence-electron chi connectivity index (χ2n) is 5.87. The Bertz CT molecular complexity index is 417. The number of alkyl halides is 1. The van der Waals surface area contributed by atoms with Crippen LogP contribution in [0.25, 0.3) is 0 Å². The van der Waals surface area contributed by atoms with Gasteiger partial charge in [0.1, 0.15) is 5.75 Å². The van der Waals surface area contributed by atoms with Crippen molar-refractivity contribution >= 4 is 11.6 Å². The Balaban J connectivity index is 1.69. The van der Waals surface area contributed by atoms with Crippen LogP contribution >= 0.6 is 11.6 Å². The van der Waals surface area contributed by atoms with Crippen molar-refractivity contribution in [2.45, 2.75) is 37.5 Å². The van der Waals surface area contributed by atoms with Crippen LogP contribution in [0.3, 0.4) is 0 Å². The first kappa shape index (κ1) is 12.3. The molecule has 0 heterocycles. The normalized spacial score (nSPS) is 31.6. The molecule has 3 rings (SSSR count). The van der Waals surface area contributed by atoms with E-state index in [9.17, 15) is 0 Å². The number of halogens is 1. The van der Waals surface area contributed by atoms with Gasteiger partial charge >= 0.3 is 0 Å². The first-order valence-electron chi connectivity index (χ1n) is 7.04. The molecule has 4 unspecified atom stereocenters. The van der Waals surface area contributed by atoms with Crippen LogP contribution in [0.1, 0.15) is 31.2 Å². The zero-order chi connectivity index (χ0) is 12.5. The van der Waals surface area contributed by atoms with E-state index in [-0.39, 0.29) is 5.38 Å². The number of hydrogen-bond acceptors (Lipinski definition) is 1. The lowest BCUT2D eigenvalue weighted by Crippen LogP contribution is -2.23. The molecule has 1 nitrogen and oxygen atoms in total. The van der Waals surface area contributed by atoms with E-state index in [1.807, 2.05) is 12.1 Å². The molecular formula is C16H21ClO. The number of fused-ring (bicyclic) bond motifs is 2. The molecule has 0 saturated heterocycles. The van der Waals surface area contributed by atoms with Crippen molar-refractivity contribution in [2.24, 2.45) is 17.8 Å². The highest BCUT2D eigenvalue weighted by atomic mass is 35.5. The second kappa shape index (κ2) is 5.13. The van der Waals surface area contributed by atoms with Crippen molar-refractivity contribution in [3.8, 4) is 5.75 Å². The summed E-state index contributed by atoms with van der Waals surface area (Å²) < 4.78 is 5.41. The number of para-hydroxylation sites is 1. The Hall–Kier alpha value is -0.690. The molecule has 2 fully saturated rings. The highest BCUT2D eigenvalue weighted by molar-refractivity contribution is 6.21. The molecule has 18 heavy (non-hydrogen) atoms. The number of rotatable bonds is 4. The van der Waals surface area contributed by atoms with Gasteiger partial charge in [0, 0.05) is 5.38 Å². The van der Waals surface area contributed by atoms with Crippen LogP contribution in [0, 0.1) is 17.8 Å². The van der Waals surface area contributed by atoms with E-state index in [2.05, 4.69) is 12.1 Å². The summed E-state index contributed by atoms with van der Waals surface area (Å²) in [6.45, 7) is 0. The summed E-state index contributed by atoms with van der Waals surface area (Å²) in [5.41, 5.74) is 1.25. The maximum Gasteiger partial charge on any atom is 0.122 e. The van der Waals surface area contributed by atoms with E-state index in [1.54, 1.807) is 7.11 Å². The minimum absolute atomic E-state index is 0.275. The molecule has 2 saturated carbocycles. The molecule has 1 aromatic carbocycles. The molecule has 0 spiro atoms. The zero-order valence-electron chi connectivity index (χ0n) is 10.9. The molecule has 98 valence electrons. The topological polar surface area (TPSA) is 9.23 Å². The van der Waals surface area contributed by atoms with E-state index in [0.717, 1.165) is 29.9 Å². The molecule has 2 bridgehead atoms. The Morgan fingerprint density at radius 2 is 2.11 bits per heavy atom. The number of benzene rings is 1. The molecule has 2 aliphatic carbocycles. The molecule has 0 aromatic heterocycles. The van der Waals surface area contributed by atoms with Gasteiger partial charge in [-0.2, -0.15) is 0 Å². The molecule has 0 aliphatic heterocycles.